The van der Waals surface area contributed by atoms with Crippen molar-refractivity contribution in [1.29, 1.82) is 0 Å². The third-order valence-electron chi connectivity index (χ3n) is 7.70. The summed E-state index contributed by atoms with van der Waals surface area (Å²) in [5.74, 6) is -2.32. The smallest absolute Gasteiger partial charge is 0.335 e. The van der Waals surface area contributed by atoms with Gasteiger partial charge in [0.25, 0.3) is 11.8 Å². The number of carbonyl (C=O) groups excluding carboxylic acids is 3. The van der Waals surface area contributed by atoms with Gasteiger partial charge in [-0.25, -0.2) is 4.79 Å². The summed E-state index contributed by atoms with van der Waals surface area (Å²) in [7, 11) is 3.88. The van der Waals surface area contributed by atoms with Gasteiger partial charge < -0.3 is 26.0 Å². The fourth-order valence-electron chi connectivity index (χ4n) is 4.92. The number of amides is 3. The zero-order chi connectivity index (χ0) is 35.6. The van der Waals surface area contributed by atoms with Gasteiger partial charge in [0.1, 0.15) is 10.9 Å². The molecule has 4 N–H and O–H groups in total. The van der Waals surface area contributed by atoms with E-state index in [9.17, 15) is 24.3 Å². The minimum Gasteiger partial charge on any atom is -0.478 e. The second kappa shape index (κ2) is 16.3. The molecule has 9 nitrogen and oxygen atoms in total. The first-order valence-corrected chi connectivity index (χ1v) is 16.6. The van der Waals surface area contributed by atoms with Gasteiger partial charge >= 0.3 is 5.97 Å². The summed E-state index contributed by atoms with van der Waals surface area (Å²) in [5.41, 5.74) is 4.70. The van der Waals surface area contributed by atoms with Crippen molar-refractivity contribution in [3.05, 3.63) is 161 Å². The van der Waals surface area contributed by atoms with Gasteiger partial charge in [-0.05, 0) is 90.4 Å². The molecule has 252 valence electrons. The topological polar surface area (TPSA) is 128 Å². The molecular weight excluding hydrogens is 649 g/mol. The quantitative estimate of drug-likeness (QED) is 0.0786. The van der Waals surface area contributed by atoms with Crippen LogP contribution in [0.4, 0.5) is 17.1 Å². The molecule has 5 aromatic carbocycles. The van der Waals surface area contributed by atoms with Gasteiger partial charge in [-0.3, -0.25) is 14.4 Å². The number of rotatable bonds is 12. The second-order valence-electron chi connectivity index (χ2n) is 11.6. The van der Waals surface area contributed by atoms with Crippen LogP contribution >= 0.6 is 11.8 Å². The summed E-state index contributed by atoms with van der Waals surface area (Å²) in [4.78, 5) is 54.5. The second-order valence-corrected chi connectivity index (χ2v) is 12.8. The lowest BCUT2D eigenvalue weighted by Crippen LogP contribution is -2.30. The fourth-order valence-corrected chi connectivity index (χ4v) is 5.94. The van der Waals surface area contributed by atoms with E-state index in [1.54, 1.807) is 67.6 Å². The van der Waals surface area contributed by atoms with Crippen LogP contribution in [-0.4, -0.2) is 42.9 Å². The molecule has 0 saturated heterocycles. The SMILES string of the molecule is Cc1ccc(C(=O)O)cc1NC(=O)C(Sc1ccc(NC(=O)/C(=C/c2ccc(N(C)C)cc2)NC(=O)c2ccccc2)cc1)c1ccccc1. The minimum absolute atomic E-state index is 0.0676. The molecule has 0 aliphatic rings. The number of anilines is 3. The predicted molar refractivity (Wildman–Crippen MR) is 200 cm³/mol. The monoisotopic (exact) mass is 684 g/mol. The first-order chi connectivity index (χ1) is 24.1. The molecule has 0 spiro atoms. The van der Waals surface area contributed by atoms with Crippen molar-refractivity contribution >= 4 is 58.6 Å². The molecule has 0 fully saturated rings. The molecule has 10 heteroatoms. The maximum absolute atomic E-state index is 13.7. The van der Waals surface area contributed by atoms with Crippen molar-refractivity contribution < 1.29 is 24.3 Å². The highest BCUT2D eigenvalue weighted by molar-refractivity contribution is 8.00. The zero-order valence-electron chi connectivity index (χ0n) is 27.7. The Hall–Kier alpha value is -6.13. The Bertz CT molecular complexity index is 2010. The summed E-state index contributed by atoms with van der Waals surface area (Å²) in [6, 6.07) is 37.2. The van der Waals surface area contributed by atoms with Crippen molar-refractivity contribution in [2.24, 2.45) is 0 Å². The Labute approximate surface area is 295 Å². The van der Waals surface area contributed by atoms with E-state index in [2.05, 4.69) is 16.0 Å². The Morgan fingerprint density at radius 1 is 0.740 bits per heavy atom. The minimum atomic E-state index is -1.08. The summed E-state index contributed by atoms with van der Waals surface area (Å²) >= 11 is 1.32. The molecule has 0 heterocycles. The number of nitrogens with zero attached hydrogens (tertiary/aromatic N) is 1. The first-order valence-electron chi connectivity index (χ1n) is 15.7. The van der Waals surface area contributed by atoms with Crippen LogP contribution in [-0.2, 0) is 9.59 Å². The Kier molecular flexibility index (Phi) is 11.5. The van der Waals surface area contributed by atoms with E-state index in [-0.39, 0.29) is 17.2 Å². The number of nitrogens with one attached hydrogen (secondary N) is 3. The predicted octanol–water partition coefficient (Wildman–Crippen LogP) is 7.64. The molecule has 1 unspecified atom stereocenters. The highest BCUT2D eigenvalue weighted by atomic mass is 32.2. The molecule has 5 rings (SSSR count). The Morgan fingerprint density at radius 3 is 2.00 bits per heavy atom. The van der Waals surface area contributed by atoms with Crippen molar-refractivity contribution in [3.63, 3.8) is 0 Å². The van der Waals surface area contributed by atoms with E-state index in [4.69, 9.17) is 0 Å². The third-order valence-corrected chi connectivity index (χ3v) is 8.96. The standard InChI is InChI=1S/C40H36N4O5S/c1-26-14-17-30(40(48)49)25-34(26)42-39(47)36(28-10-6-4-7-11-28)50-33-22-18-31(19-23-33)41-38(46)35(43-37(45)29-12-8-5-9-13-29)24-27-15-20-32(21-16-27)44(2)3/h4-25,36H,1-3H3,(H,41,46)(H,42,47)(H,43,45)(H,48,49)/b35-24-. The van der Waals surface area contributed by atoms with Crippen molar-refractivity contribution in [2.75, 3.05) is 29.6 Å². The van der Waals surface area contributed by atoms with Crippen molar-refractivity contribution in [1.82, 2.24) is 5.32 Å². The van der Waals surface area contributed by atoms with Gasteiger partial charge in [0, 0.05) is 41.6 Å². The van der Waals surface area contributed by atoms with Crippen LogP contribution in [0.5, 0.6) is 0 Å². The maximum atomic E-state index is 13.7. The zero-order valence-corrected chi connectivity index (χ0v) is 28.5. The highest BCUT2D eigenvalue weighted by Crippen LogP contribution is 2.37. The van der Waals surface area contributed by atoms with Gasteiger partial charge in [0.2, 0.25) is 5.91 Å². The molecule has 0 bridgehead atoms. The summed E-state index contributed by atoms with van der Waals surface area (Å²) < 4.78 is 0. The van der Waals surface area contributed by atoms with E-state index >= 15 is 0 Å². The van der Waals surface area contributed by atoms with Crippen LogP contribution in [0.2, 0.25) is 0 Å². The maximum Gasteiger partial charge on any atom is 0.335 e. The lowest BCUT2D eigenvalue weighted by Gasteiger charge is -2.18. The molecule has 0 aliphatic heterocycles. The number of carboxylic acid groups (broad SMARTS) is 1. The number of hydrogen-bond donors (Lipinski definition) is 4. The molecule has 0 aromatic heterocycles. The van der Waals surface area contributed by atoms with Gasteiger partial charge in [0.05, 0.1) is 5.56 Å². The van der Waals surface area contributed by atoms with Gasteiger partial charge in [-0.15, -0.1) is 11.8 Å². The van der Waals surface area contributed by atoms with Gasteiger partial charge in [0.15, 0.2) is 0 Å². The molecular formula is C40H36N4O5S. The number of hydrogen-bond acceptors (Lipinski definition) is 6. The lowest BCUT2D eigenvalue weighted by molar-refractivity contribution is -0.116. The molecule has 0 saturated carbocycles. The molecule has 5 aromatic rings. The van der Waals surface area contributed by atoms with Crippen molar-refractivity contribution in [2.45, 2.75) is 17.1 Å². The number of benzene rings is 5. The van der Waals surface area contributed by atoms with E-state index in [1.165, 1.54) is 23.9 Å². The van der Waals surface area contributed by atoms with Crippen LogP contribution < -0.4 is 20.9 Å². The molecule has 1 atom stereocenters. The summed E-state index contributed by atoms with van der Waals surface area (Å²) in [5, 5.41) is 17.3. The van der Waals surface area contributed by atoms with Crippen LogP contribution in [0, 0.1) is 6.92 Å². The van der Waals surface area contributed by atoms with Crippen LogP contribution in [0.1, 0.15) is 42.7 Å². The average molecular weight is 685 g/mol. The summed E-state index contributed by atoms with van der Waals surface area (Å²) in [6.45, 7) is 1.80. The number of aryl methyl sites for hydroxylation is 1. The van der Waals surface area contributed by atoms with E-state index in [0.717, 1.165) is 27.3 Å². The number of carboxylic acids is 1. The van der Waals surface area contributed by atoms with E-state index in [1.807, 2.05) is 79.7 Å². The van der Waals surface area contributed by atoms with Gasteiger partial charge in [-0.1, -0.05) is 66.7 Å². The fraction of sp³-hybridized carbons (Fsp3) is 0.100. The summed E-state index contributed by atoms with van der Waals surface area (Å²) in [6.07, 6.45) is 1.62. The van der Waals surface area contributed by atoms with Crippen LogP contribution in [0.25, 0.3) is 6.08 Å². The van der Waals surface area contributed by atoms with Gasteiger partial charge in [-0.2, -0.15) is 0 Å². The number of thioether (sulfide) groups is 1. The molecule has 0 radical (unpaired) electrons. The Balaban J connectivity index is 1.34. The number of carbonyl (C=O) groups is 4. The lowest BCUT2D eigenvalue weighted by atomic mass is 10.1. The van der Waals surface area contributed by atoms with Crippen molar-refractivity contribution in [3.8, 4) is 0 Å². The highest BCUT2D eigenvalue weighted by Gasteiger charge is 2.23. The number of aromatic carboxylic acids is 1. The molecule has 3 amide bonds. The normalized spacial score (nSPS) is 11.6. The van der Waals surface area contributed by atoms with E-state index < -0.39 is 23.0 Å². The average Bonchev–Trinajstić information content (AvgIpc) is 3.12. The third kappa shape index (κ3) is 9.27. The largest absolute Gasteiger partial charge is 0.478 e. The Morgan fingerprint density at radius 2 is 1.38 bits per heavy atom. The van der Waals surface area contributed by atoms with E-state index in [0.29, 0.717) is 16.9 Å². The van der Waals surface area contributed by atoms with Crippen LogP contribution in [0.15, 0.2) is 138 Å². The van der Waals surface area contributed by atoms with Crippen LogP contribution in [0.3, 0.4) is 0 Å². The molecule has 0 aliphatic carbocycles. The first kappa shape index (κ1) is 35.2. The molecule has 50 heavy (non-hydrogen) atoms.